The molecule has 1 aromatic heterocycles. The first kappa shape index (κ1) is 12.8. The molecule has 1 fully saturated rings. The Morgan fingerprint density at radius 2 is 2.00 bits per heavy atom. The lowest BCUT2D eigenvalue weighted by molar-refractivity contribution is -0.118. The second kappa shape index (κ2) is 5.80. The van der Waals surface area contributed by atoms with E-state index in [0.29, 0.717) is 5.82 Å². The standard InChI is InChI=1S/C13H20N4O/c1-10(2)13(18)16-11-8-12(15-9-14-11)17-6-4-3-5-7-17/h8-10H,3-7H2,1-2H3,(H,14,15,16,18). The van der Waals surface area contributed by atoms with Gasteiger partial charge in [-0.25, -0.2) is 9.97 Å². The molecule has 0 spiro atoms. The maximum absolute atomic E-state index is 11.6. The monoisotopic (exact) mass is 248 g/mol. The zero-order chi connectivity index (χ0) is 13.0. The van der Waals surface area contributed by atoms with E-state index in [4.69, 9.17) is 0 Å². The predicted octanol–water partition coefficient (Wildman–Crippen LogP) is 2.06. The van der Waals surface area contributed by atoms with Crippen LogP contribution >= 0.6 is 0 Å². The van der Waals surface area contributed by atoms with Crippen molar-refractivity contribution in [3.63, 3.8) is 0 Å². The Balaban J connectivity index is 2.07. The molecule has 1 aromatic rings. The fourth-order valence-electron chi connectivity index (χ4n) is 1.98. The zero-order valence-electron chi connectivity index (χ0n) is 11.0. The quantitative estimate of drug-likeness (QED) is 0.889. The number of carbonyl (C=O) groups is 1. The number of aromatic nitrogens is 2. The molecule has 0 saturated carbocycles. The Morgan fingerprint density at radius 3 is 2.67 bits per heavy atom. The molecule has 0 bridgehead atoms. The average Bonchev–Trinajstić information content (AvgIpc) is 2.40. The number of piperidine rings is 1. The molecule has 1 N–H and O–H groups in total. The van der Waals surface area contributed by atoms with Crippen LogP contribution < -0.4 is 10.2 Å². The third-order valence-corrected chi connectivity index (χ3v) is 3.11. The van der Waals surface area contributed by atoms with E-state index in [2.05, 4.69) is 20.2 Å². The van der Waals surface area contributed by atoms with Crippen LogP contribution in [0, 0.1) is 5.92 Å². The van der Waals surface area contributed by atoms with Gasteiger partial charge in [0, 0.05) is 25.1 Å². The fourth-order valence-corrected chi connectivity index (χ4v) is 1.98. The maximum atomic E-state index is 11.6. The number of hydrogen-bond donors (Lipinski definition) is 1. The molecule has 18 heavy (non-hydrogen) atoms. The number of carbonyl (C=O) groups excluding carboxylic acids is 1. The lowest BCUT2D eigenvalue weighted by atomic mass is 10.1. The molecule has 0 aliphatic carbocycles. The second-order valence-corrected chi connectivity index (χ2v) is 4.95. The van der Waals surface area contributed by atoms with E-state index in [1.807, 2.05) is 19.9 Å². The summed E-state index contributed by atoms with van der Waals surface area (Å²) < 4.78 is 0. The number of nitrogens with one attached hydrogen (secondary N) is 1. The first-order valence-corrected chi connectivity index (χ1v) is 6.54. The molecule has 0 aromatic carbocycles. The van der Waals surface area contributed by atoms with Gasteiger partial charge in [0.05, 0.1) is 0 Å². The number of amides is 1. The van der Waals surface area contributed by atoms with Gasteiger partial charge in [-0.1, -0.05) is 13.8 Å². The van der Waals surface area contributed by atoms with Crippen molar-refractivity contribution in [1.82, 2.24) is 9.97 Å². The summed E-state index contributed by atoms with van der Waals surface area (Å²) in [6.07, 6.45) is 5.22. The minimum absolute atomic E-state index is 0.0155. The fraction of sp³-hybridized carbons (Fsp3) is 0.615. The molecule has 1 aliphatic rings. The summed E-state index contributed by atoms with van der Waals surface area (Å²) in [6, 6.07) is 1.85. The average molecular weight is 248 g/mol. The lowest BCUT2D eigenvalue weighted by Crippen LogP contribution is -2.30. The van der Waals surface area contributed by atoms with Crippen molar-refractivity contribution in [3.05, 3.63) is 12.4 Å². The first-order valence-electron chi connectivity index (χ1n) is 6.54. The van der Waals surface area contributed by atoms with Gasteiger partial charge >= 0.3 is 0 Å². The summed E-state index contributed by atoms with van der Waals surface area (Å²) in [7, 11) is 0. The lowest BCUT2D eigenvalue weighted by Gasteiger charge is -2.27. The van der Waals surface area contributed by atoms with Crippen LogP contribution in [0.5, 0.6) is 0 Å². The Bertz CT molecular complexity index is 413. The molecule has 98 valence electrons. The van der Waals surface area contributed by atoms with Gasteiger partial charge in [-0.05, 0) is 19.3 Å². The van der Waals surface area contributed by atoms with Gasteiger partial charge < -0.3 is 10.2 Å². The Morgan fingerprint density at radius 1 is 1.28 bits per heavy atom. The van der Waals surface area contributed by atoms with Crippen LogP contribution in [-0.4, -0.2) is 29.0 Å². The third kappa shape index (κ3) is 3.18. The van der Waals surface area contributed by atoms with Crippen molar-refractivity contribution in [2.24, 2.45) is 5.92 Å². The van der Waals surface area contributed by atoms with Crippen LogP contribution in [-0.2, 0) is 4.79 Å². The van der Waals surface area contributed by atoms with E-state index in [-0.39, 0.29) is 11.8 Å². The van der Waals surface area contributed by atoms with Crippen molar-refractivity contribution < 1.29 is 4.79 Å². The van der Waals surface area contributed by atoms with E-state index in [9.17, 15) is 4.79 Å². The van der Waals surface area contributed by atoms with Gasteiger partial charge in [-0.2, -0.15) is 0 Å². The number of nitrogens with zero attached hydrogens (tertiary/aromatic N) is 3. The van der Waals surface area contributed by atoms with Gasteiger partial charge in [0.1, 0.15) is 18.0 Å². The van der Waals surface area contributed by atoms with Crippen molar-refractivity contribution in [1.29, 1.82) is 0 Å². The van der Waals surface area contributed by atoms with E-state index >= 15 is 0 Å². The largest absolute Gasteiger partial charge is 0.356 e. The van der Waals surface area contributed by atoms with Gasteiger partial charge in [-0.3, -0.25) is 4.79 Å². The molecule has 1 amide bonds. The smallest absolute Gasteiger partial charge is 0.228 e. The Hall–Kier alpha value is -1.65. The second-order valence-electron chi connectivity index (χ2n) is 4.95. The minimum Gasteiger partial charge on any atom is -0.356 e. The molecule has 1 saturated heterocycles. The zero-order valence-corrected chi connectivity index (χ0v) is 11.0. The predicted molar refractivity (Wildman–Crippen MR) is 71.6 cm³/mol. The third-order valence-electron chi connectivity index (χ3n) is 3.11. The summed E-state index contributed by atoms with van der Waals surface area (Å²) in [6.45, 7) is 5.80. The van der Waals surface area contributed by atoms with Crippen LogP contribution in [0.3, 0.4) is 0 Å². The van der Waals surface area contributed by atoms with Crippen LogP contribution in [0.25, 0.3) is 0 Å². The van der Waals surface area contributed by atoms with Gasteiger partial charge in [0.2, 0.25) is 5.91 Å². The van der Waals surface area contributed by atoms with E-state index < -0.39 is 0 Å². The molecule has 2 heterocycles. The van der Waals surface area contributed by atoms with Crippen molar-refractivity contribution in [2.75, 3.05) is 23.3 Å². The van der Waals surface area contributed by atoms with E-state index in [1.165, 1.54) is 25.6 Å². The molecule has 5 nitrogen and oxygen atoms in total. The van der Waals surface area contributed by atoms with Crippen molar-refractivity contribution in [2.45, 2.75) is 33.1 Å². The highest BCUT2D eigenvalue weighted by Gasteiger charge is 2.14. The van der Waals surface area contributed by atoms with Crippen LogP contribution in [0.15, 0.2) is 12.4 Å². The minimum atomic E-state index is -0.0431. The molecular weight excluding hydrogens is 228 g/mol. The Labute approximate surface area is 108 Å². The molecule has 0 unspecified atom stereocenters. The van der Waals surface area contributed by atoms with Gasteiger partial charge in [0.25, 0.3) is 0 Å². The highest BCUT2D eigenvalue weighted by atomic mass is 16.1. The molecule has 1 aliphatic heterocycles. The van der Waals surface area contributed by atoms with E-state index in [0.717, 1.165) is 18.9 Å². The summed E-state index contributed by atoms with van der Waals surface area (Å²) >= 11 is 0. The summed E-state index contributed by atoms with van der Waals surface area (Å²) in [5.74, 6) is 1.43. The van der Waals surface area contributed by atoms with Gasteiger partial charge in [0.15, 0.2) is 0 Å². The first-order chi connectivity index (χ1) is 8.66. The molecule has 5 heteroatoms. The summed E-state index contributed by atoms with van der Waals surface area (Å²) in [4.78, 5) is 22.2. The van der Waals surface area contributed by atoms with Crippen molar-refractivity contribution >= 4 is 17.5 Å². The normalized spacial score (nSPS) is 15.8. The number of hydrogen-bond acceptors (Lipinski definition) is 4. The van der Waals surface area contributed by atoms with Crippen LogP contribution in [0.2, 0.25) is 0 Å². The summed E-state index contributed by atoms with van der Waals surface area (Å²) in [5, 5.41) is 2.80. The highest BCUT2D eigenvalue weighted by molar-refractivity contribution is 5.91. The molecular formula is C13H20N4O. The molecule has 2 rings (SSSR count). The van der Waals surface area contributed by atoms with Crippen molar-refractivity contribution in [3.8, 4) is 0 Å². The summed E-state index contributed by atoms with van der Waals surface area (Å²) in [5.41, 5.74) is 0. The van der Waals surface area contributed by atoms with Crippen LogP contribution in [0.1, 0.15) is 33.1 Å². The number of rotatable bonds is 3. The maximum Gasteiger partial charge on any atom is 0.228 e. The highest BCUT2D eigenvalue weighted by Crippen LogP contribution is 2.19. The van der Waals surface area contributed by atoms with Gasteiger partial charge in [-0.15, -0.1) is 0 Å². The number of anilines is 2. The topological polar surface area (TPSA) is 58.1 Å². The van der Waals surface area contributed by atoms with Crippen LogP contribution in [0.4, 0.5) is 11.6 Å². The molecule has 0 atom stereocenters. The van der Waals surface area contributed by atoms with E-state index in [1.54, 1.807) is 0 Å². The SMILES string of the molecule is CC(C)C(=O)Nc1cc(N2CCCCC2)ncn1. The molecule has 0 radical (unpaired) electrons. The Kier molecular flexibility index (Phi) is 4.12.